The van der Waals surface area contributed by atoms with Crippen LogP contribution >= 0.6 is 23.5 Å². The first kappa shape index (κ1) is 21.1. The number of ether oxygens (including phenoxy) is 2. The molecule has 0 saturated carbocycles. The number of aromatic nitrogens is 2. The van der Waals surface area contributed by atoms with Crippen molar-refractivity contribution in [3.8, 4) is 23.0 Å². The topological polar surface area (TPSA) is 77.7 Å². The van der Waals surface area contributed by atoms with E-state index in [1.165, 1.54) is 11.8 Å². The lowest BCUT2D eigenvalue weighted by atomic mass is 10.1. The van der Waals surface area contributed by atoms with Gasteiger partial charge in [-0.3, -0.25) is 4.79 Å². The summed E-state index contributed by atoms with van der Waals surface area (Å²) >= 11 is 3.02. The molecule has 0 radical (unpaired) electrons. The van der Waals surface area contributed by atoms with E-state index in [0.717, 1.165) is 27.5 Å². The molecule has 4 aromatic rings. The zero-order chi connectivity index (χ0) is 22.9. The Morgan fingerprint density at radius 3 is 2.74 bits per heavy atom. The van der Waals surface area contributed by atoms with Crippen LogP contribution in [0.4, 0.5) is 5.69 Å². The second-order valence-corrected chi connectivity index (χ2v) is 9.69. The van der Waals surface area contributed by atoms with Crippen LogP contribution in [-0.2, 0) is 4.79 Å². The summed E-state index contributed by atoms with van der Waals surface area (Å²) in [6, 6.07) is 23.6. The Kier molecular flexibility index (Phi) is 5.64. The average molecular weight is 490 g/mol. The summed E-state index contributed by atoms with van der Waals surface area (Å²) in [7, 11) is 0. The first-order valence-electron chi connectivity index (χ1n) is 10.7. The number of para-hydroxylation sites is 1. The van der Waals surface area contributed by atoms with Crippen molar-refractivity contribution in [2.24, 2.45) is 0 Å². The van der Waals surface area contributed by atoms with E-state index in [1.54, 1.807) is 11.8 Å². The van der Waals surface area contributed by atoms with Gasteiger partial charge < -0.3 is 18.8 Å². The van der Waals surface area contributed by atoms with Crippen molar-refractivity contribution in [2.45, 2.75) is 16.2 Å². The van der Waals surface area contributed by atoms with Gasteiger partial charge in [-0.2, -0.15) is 0 Å². The lowest BCUT2D eigenvalue weighted by Crippen LogP contribution is -2.39. The molecule has 1 atom stereocenters. The van der Waals surface area contributed by atoms with Crippen LogP contribution in [-0.4, -0.2) is 34.4 Å². The van der Waals surface area contributed by atoms with Gasteiger partial charge in [0, 0.05) is 16.2 Å². The van der Waals surface area contributed by atoms with Crippen LogP contribution in [0, 0.1) is 0 Å². The molecule has 0 spiro atoms. The molecule has 170 valence electrons. The fourth-order valence-corrected chi connectivity index (χ4v) is 5.82. The van der Waals surface area contributed by atoms with Crippen LogP contribution in [0.3, 0.4) is 0 Å². The number of benzene rings is 3. The first-order chi connectivity index (χ1) is 16.8. The van der Waals surface area contributed by atoms with E-state index in [-0.39, 0.29) is 24.5 Å². The molecule has 0 N–H and O–H groups in total. The Labute approximate surface area is 204 Å². The zero-order valence-corrected chi connectivity index (χ0v) is 19.6. The molecule has 1 aromatic heterocycles. The van der Waals surface area contributed by atoms with Crippen LogP contribution in [0.1, 0.15) is 11.6 Å². The van der Waals surface area contributed by atoms with Gasteiger partial charge in [0.25, 0.3) is 5.22 Å². The van der Waals surface area contributed by atoms with Crippen LogP contribution < -0.4 is 14.4 Å². The highest BCUT2D eigenvalue weighted by atomic mass is 32.2. The third-order valence-electron chi connectivity index (χ3n) is 5.63. The van der Waals surface area contributed by atoms with Crippen LogP contribution in [0.25, 0.3) is 11.5 Å². The SMILES string of the molecule is O=C(CSc1nnc(-c2ccc3c(c2)OCO3)o1)N1c2ccccc2SCC1c1ccccc1. The third kappa shape index (κ3) is 4.01. The molecule has 7 nitrogen and oxygen atoms in total. The predicted octanol–water partition coefficient (Wildman–Crippen LogP) is 5.44. The number of fused-ring (bicyclic) bond motifs is 2. The Morgan fingerprint density at radius 1 is 1.00 bits per heavy atom. The molecular weight excluding hydrogens is 470 g/mol. The van der Waals surface area contributed by atoms with E-state index >= 15 is 0 Å². The Morgan fingerprint density at radius 2 is 1.82 bits per heavy atom. The highest BCUT2D eigenvalue weighted by molar-refractivity contribution is 8.00. The van der Waals surface area contributed by atoms with Crippen molar-refractivity contribution in [1.82, 2.24) is 10.2 Å². The van der Waals surface area contributed by atoms with Gasteiger partial charge >= 0.3 is 0 Å². The molecule has 0 bridgehead atoms. The lowest BCUT2D eigenvalue weighted by molar-refractivity contribution is -0.116. The Hall–Kier alpha value is -3.43. The van der Waals surface area contributed by atoms with Crippen LogP contribution in [0.2, 0.25) is 0 Å². The molecule has 2 aliphatic heterocycles. The monoisotopic (exact) mass is 489 g/mol. The molecule has 6 rings (SSSR count). The van der Waals surface area contributed by atoms with Crippen LogP contribution in [0.15, 0.2) is 87.3 Å². The molecule has 1 unspecified atom stereocenters. The first-order valence-corrected chi connectivity index (χ1v) is 12.7. The molecule has 2 aliphatic rings. The number of amides is 1. The van der Waals surface area contributed by atoms with Gasteiger partial charge in [0.15, 0.2) is 11.5 Å². The van der Waals surface area contributed by atoms with E-state index in [1.807, 2.05) is 59.5 Å². The maximum absolute atomic E-state index is 13.5. The summed E-state index contributed by atoms with van der Waals surface area (Å²) < 4.78 is 16.6. The van der Waals surface area contributed by atoms with Gasteiger partial charge in [0.1, 0.15) is 0 Å². The maximum Gasteiger partial charge on any atom is 0.277 e. The summed E-state index contributed by atoms with van der Waals surface area (Å²) in [5.41, 5.74) is 2.79. The van der Waals surface area contributed by atoms with E-state index in [4.69, 9.17) is 13.9 Å². The van der Waals surface area contributed by atoms with E-state index in [2.05, 4.69) is 28.4 Å². The highest BCUT2D eigenvalue weighted by Crippen LogP contribution is 2.43. The van der Waals surface area contributed by atoms with E-state index in [0.29, 0.717) is 22.6 Å². The maximum atomic E-state index is 13.5. The summed E-state index contributed by atoms with van der Waals surface area (Å²) in [6.45, 7) is 0.202. The fraction of sp³-hybridized carbons (Fsp3) is 0.160. The van der Waals surface area contributed by atoms with Crippen molar-refractivity contribution in [1.29, 1.82) is 0 Å². The van der Waals surface area contributed by atoms with Gasteiger partial charge in [-0.05, 0) is 35.9 Å². The normalized spacial score (nSPS) is 16.4. The lowest BCUT2D eigenvalue weighted by Gasteiger charge is -2.37. The van der Waals surface area contributed by atoms with Gasteiger partial charge in [-0.15, -0.1) is 22.0 Å². The minimum absolute atomic E-state index is 0.00516. The quantitative estimate of drug-likeness (QED) is 0.343. The molecule has 0 saturated heterocycles. The zero-order valence-electron chi connectivity index (χ0n) is 17.9. The number of rotatable bonds is 5. The average Bonchev–Trinajstić information content (AvgIpc) is 3.56. The molecule has 3 aromatic carbocycles. The summed E-state index contributed by atoms with van der Waals surface area (Å²) in [5, 5.41) is 8.61. The van der Waals surface area contributed by atoms with Crippen molar-refractivity contribution in [3.63, 3.8) is 0 Å². The number of anilines is 1. The van der Waals surface area contributed by atoms with Crippen molar-refractivity contribution >= 4 is 35.1 Å². The van der Waals surface area contributed by atoms with Crippen molar-refractivity contribution in [3.05, 3.63) is 78.4 Å². The number of nitrogens with zero attached hydrogens (tertiary/aromatic N) is 3. The van der Waals surface area contributed by atoms with Gasteiger partial charge in [-0.25, -0.2) is 0 Å². The van der Waals surface area contributed by atoms with Gasteiger partial charge in [0.05, 0.1) is 17.5 Å². The van der Waals surface area contributed by atoms with Crippen molar-refractivity contribution < 1.29 is 18.7 Å². The largest absolute Gasteiger partial charge is 0.454 e. The minimum Gasteiger partial charge on any atom is -0.454 e. The van der Waals surface area contributed by atoms with E-state index < -0.39 is 0 Å². The number of hydrogen-bond acceptors (Lipinski definition) is 8. The number of hydrogen-bond donors (Lipinski definition) is 0. The molecule has 3 heterocycles. The third-order valence-corrected chi connectivity index (χ3v) is 7.57. The number of thioether (sulfide) groups is 2. The van der Waals surface area contributed by atoms with Crippen LogP contribution in [0.5, 0.6) is 11.5 Å². The second-order valence-electron chi connectivity index (χ2n) is 7.70. The molecular formula is C25H19N3O4S2. The molecule has 1 amide bonds. The Balaban J connectivity index is 1.21. The van der Waals surface area contributed by atoms with Crippen molar-refractivity contribution in [2.75, 3.05) is 23.2 Å². The number of carbonyl (C=O) groups excluding carboxylic acids is 1. The molecule has 0 aliphatic carbocycles. The summed E-state index contributed by atoms with van der Waals surface area (Å²) in [4.78, 5) is 16.5. The molecule has 9 heteroatoms. The van der Waals surface area contributed by atoms with E-state index in [9.17, 15) is 4.79 Å². The summed E-state index contributed by atoms with van der Waals surface area (Å²) in [5.74, 6) is 2.69. The number of carbonyl (C=O) groups is 1. The molecule has 34 heavy (non-hydrogen) atoms. The molecule has 0 fully saturated rings. The smallest absolute Gasteiger partial charge is 0.277 e. The Bertz CT molecular complexity index is 1350. The predicted molar refractivity (Wildman–Crippen MR) is 130 cm³/mol. The highest BCUT2D eigenvalue weighted by Gasteiger charge is 2.32. The minimum atomic E-state index is -0.0407. The second kappa shape index (κ2) is 9.08. The van der Waals surface area contributed by atoms with Gasteiger partial charge in [0.2, 0.25) is 18.6 Å². The standard InChI is InChI=1S/C25H19N3O4S2/c29-23(14-34-25-27-26-24(32-25)17-10-11-20-21(12-17)31-15-30-20)28-18-8-4-5-9-22(18)33-13-19(28)16-6-2-1-3-7-16/h1-12,19H,13-15H2. The fourth-order valence-electron chi connectivity index (χ4n) is 4.03. The summed E-state index contributed by atoms with van der Waals surface area (Å²) in [6.07, 6.45) is 0. The van der Waals surface area contributed by atoms with Gasteiger partial charge in [-0.1, -0.05) is 54.2 Å².